The first-order chi connectivity index (χ1) is 10.1. The van der Waals surface area contributed by atoms with Crippen LogP contribution in [0.15, 0.2) is 42.5 Å². The van der Waals surface area contributed by atoms with Crippen molar-refractivity contribution >= 4 is 11.6 Å². The Morgan fingerprint density at radius 3 is 2.90 bits per heavy atom. The van der Waals surface area contributed by atoms with Crippen LogP contribution in [0.2, 0.25) is 5.02 Å². The molecule has 0 radical (unpaired) electrons. The van der Waals surface area contributed by atoms with Crippen molar-refractivity contribution in [1.82, 2.24) is 5.32 Å². The molecule has 110 valence electrons. The summed E-state index contributed by atoms with van der Waals surface area (Å²) in [6.45, 7) is 2.20. The first kappa shape index (κ1) is 14.4. The number of phenols is 1. The molecule has 0 aliphatic heterocycles. The Kier molecular flexibility index (Phi) is 4.18. The van der Waals surface area contributed by atoms with Gasteiger partial charge in [-0.2, -0.15) is 0 Å². The number of aromatic hydroxyl groups is 1. The highest BCUT2D eigenvalue weighted by Gasteiger charge is 2.25. The molecular formula is C18H20ClNO. The molecule has 3 rings (SSSR count). The van der Waals surface area contributed by atoms with Crippen molar-refractivity contribution in [3.63, 3.8) is 0 Å². The second-order valence-corrected chi connectivity index (χ2v) is 6.27. The Bertz CT molecular complexity index is 641. The lowest BCUT2D eigenvalue weighted by atomic mass is 10.0. The Morgan fingerprint density at radius 1 is 1.29 bits per heavy atom. The van der Waals surface area contributed by atoms with Gasteiger partial charge in [0.2, 0.25) is 0 Å². The molecule has 2 aromatic carbocycles. The minimum atomic E-state index is 0.335. The maximum absolute atomic E-state index is 9.91. The molecule has 0 amide bonds. The van der Waals surface area contributed by atoms with E-state index in [9.17, 15) is 5.11 Å². The average molecular weight is 302 g/mol. The second-order valence-electron chi connectivity index (χ2n) is 5.84. The second kappa shape index (κ2) is 6.08. The molecule has 0 spiro atoms. The average Bonchev–Trinajstić information content (AvgIpc) is 2.83. The Hall–Kier alpha value is -1.51. The summed E-state index contributed by atoms with van der Waals surface area (Å²) in [6.07, 6.45) is 2.95. The molecule has 1 aliphatic rings. The lowest BCUT2D eigenvalue weighted by Crippen LogP contribution is -2.31. The summed E-state index contributed by atoms with van der Waals surface area (Å²) < 4.78 is 0. The van der Waals surface area contributed by atoms with Gasteiger partial charge in [-0.25, -0.2) is 0 Å². The number of hydrogen-bond donors (Lipinski definition) is 2. The first-order valence-electron chi connectivity index (χ1n) is 7.44. The number of nitrogens with one attached hydrogen (secondary N) is 1. The van der Waals surface area contributed by atoms with Gasteiger partial charge in [-0.1, -0.05) is 35.9 Å². The van der Waals surface area contributed by atoms with Crippen LogP contribution in [0.25, 0.3) is 0 Å². The largest absolute Gasteiger partial charge is 0.508 e. The smallest absolute Gasteiger partial charge is 0.119 e. The van der Waals surface area contributed by atoms with E-state index in [-0.39, 0.29) is 0 Å². The van der Waals surface area contributed by atoms with Crippen molar-refractivity contribution in [3.05, 3.63) is 64.2 Å². The fourth-order valence-corrected chi connectivity index (χ4v) is 3.44. The zero-order chi connectivity index (χ0) is 14.8. The SMILES string of the molecule is CC(Cc1cccc(Cl)c1)NC1CCc2c(O)cccc21. The molecule has 0 bridgehead atoms. The predicted octanol–water partition coefficient (Wildman–Crippen LogP) is 4.25. The fraction of sp³-hybridized carbons (Fsp3) is 0.333. The van der Waals surface area contributed by atoms with E-state index in [4.69, 9.17) is 11.6 Å². The van der Waals surface area contributed by atoms with Gasteiger partial charge >= 0.3 is 0 Å². The highest BCUT2D eigenvalue weighted by Crippen LogP contribution is 2.36. The minimum Gasteiger partial charge on any atom is -0.508 e. The van der Waals surface area contributed by atoms with Crippen molar-refractivity contribution in [2.45, 2.75) is 38.3 Å². The van der Waals surface area contributed by atoms with E-state index in [2.05, 4.69) is 24.4 Å². The van der Waals surface area contributed by atoms with Gasteiger partial charge in [-0.15, -0.1) is 0 Å². The van der Waals surface area contributed by atoms with E-state index in [1.54, 1.807) is 6.07 Å². The molecule has 0 aromatic heterocycles. The topological polar surface area (TPSA) is 32.3 Å². The third-order valence-corrected chi connectivity index (χ3v) is 4.40. The van der Waals surface area contributed by atoms with Crippen LogP contribution in [0.1, 0.15) is 36.1 Å². The number of benzene rings is 2. The van der Waals surface area contributed by atoms with E-state index in [1.165, 1.54) is 11.1 Å². The molecule has 3 heteroatoms. The number of hydrogen-bond acceptors (Lipinski definition) is 2. The number of rotatable bonds is 4. The van der Waals surface area contributed by atoms with Gasteiger partial charge < -0.3 is 10.4 Å². The standard InChI is InChI=1S/C18H20ClNO/c1-12(10-13-4-2-5-14(19)11-13)20-17-9-8-16-15(17)6-3-7-18(16)21/h2-7,11-12,17,20-21H,8-10H2,1H3. The summed E-state index contributed by atoms with van der Waals surface area (Å²) in [4.78, 5) is 0. The van der Waals surface area contributed by atoms with Crippen molar-refractivity contribution in [2.24, 2.45) is 0 Å². The van der Waals surface area contributed by atoms with E-state index in [1.807, 2.05) is 24.3 Å². The molecule has 1 aliphatic carbocycles. The lowest BCUT2D eigenvalue weighted by Gasteiger charge is -2.20. The number of fused-ring (bicyclic) bond motifs is 1. The zero-order valence-electron chi connectivity index (χ0n) is 12.1. The maximum atomic E-state index is 9.91. The monoisotopic (exact) mass is 301 g/mol. The quantitative estimate of drug-likeness (QED) is 0.884. The minimum absolute atomic E-state index is 0.335. The van der Waals surface area contributed by atoms with E-state index in [0.717, 1.165) is 29.8 Å². The van der Waals surface area contributed by atoms with Gasteiger partial charge in [0.15, 0.2) is 0 Å². The van der Waals surface area contributed by atoms with Crippen LogP contribution in [0, 0.1) is 0 Å². The van der Waals surface area contributed by atoms with Gasteiger partial charge in [0, 0.05) is 17.1 Å². The molecule has 0 saturated heterocycles. The van der Waals surface area contributed by atoms with Crippen LogP contribution < -0.4 is 5.32 Å². The van der Waals surface area contributed by atoms with Crippen molar-refractivity contribution in [1.29, 1.82) is 0 Å². The first-order valence-corrected chi connectivity index (χ1v) is 7.82. The van der Waals surface area contributed by atoms with Gasteiger partial charge in [0.25, 0.3) is 0 Å². The highest BCUT2D eigenvalue weighted by molar-refractivity contribution is 6.30. The normalized spacial score (nSPS) is 18.5. The molecular weight excluding hydrogens is 282 g/mol. The van der Waals surface area contributed by atoms with Crippen LogP contribution in [-0.4, -0.2) is 11.1 Å². The molecule has 2 nitrogen and oxygen atoms in total. The Labute approximate surface area is 130 Å². The summed E-state index contributed by atoms with van der Waals surface area (Å²) in [5, 5.41) is 14.4. The molecule has 0 heterocycles. The van der Waals surface area contributed by atoms with Gasteiger partial charge in [0.1, 0.15) is 5.75 Å². The highest BCUT2D eigenvalue weighted by atomic mass is 35.5. The molecule has 2 N–H and O–H groups in total. The van der Waals surface area contributed by atoms with Crippen molar-refractivity contribution < 1.29 is 5.11 Å². The van der Waals surface area contributed by atoms with Crippen LogP contribution in [0.5, 0.6) is 5.75 Å². The summed E-state index contributed by atoms with van der Waals surface area (Å²) in [7, 11) is 0. The lowest BCUT2D eigenvalue weighted by molar-refractivity contribution is 0.451. The Morgan fingerprint density at radius 2 is 2.10 bits per heavy atom. The molecule has 2 aromatic rings. The fourth-order valence-electron chi connectivity index (χ4n) is 3.23. The molecule has 0 fully saturated rings. The van der Waals surface area contributed by atoms with E-state index >= 15 is 0 Å². The van der Waals surface area contributed by atoms with Crippen molar-refractivity contribution in [3.8, 4) is 5.75 Å². The molecule has 21 heavy (non-hydrogen) atoms. The van der Waals surface area contributed by atoms with Gasteiger partial charge in [-0.05, 0) is 61.1 Å². The maximum Gasteiger partial charge on any atom is 0.119 e. The molecule has 0 saturated carbocycles. The number of halogens is 1. The molecule has 2 unspecified atom stereocenters. The molecule has 2 atom stereocenters. The predicted molar refractivity (Wildman–Crippen MR) is 86.9 cm³/mol. The van der Waals surface area contributed by atoms with E-state index in [0.29, 0.717) is 17.8 Å². The van der Waals surface area contributed by atoms with E-state index < -0.39 is 0 Å². The zero-order valence-corrected chi connectivity index (χ0v) is 12.9. The van der Waals surface area contributed by atoms with Crippen LogP contribution in [-0.2, 0) is 12.8 Å². The summed E-state index contributed by atoms with van der Waals surface area (Å²) in [5.41, 5.74) is 3.59. The third kappa shape index (κ3) is 3.22. The Balaban J connectivity index is 1.67. The van der Waals surface area contributed by atoms with Gasteiger partial charge in [-0.3, -0.25) is 0 Å². The van der Waals surface area contributed by atoms with Crippen molar-refractivity contribution in [2.75, 3.05) is 0 Å². The summed E-state index contributed by atoms with van der Waals surface area (Å²) in [6, 6.07) is 14.5. The number of phenolic OH excluding ortho intramolecular Hbond substituents is 1. The third-order valence-electron chi connectivity index (χ3n) is 4.16. The van der Waals surface area contributed by atoms with Crippen LogP contribution in [0.4, 0.5) is 0 Å². The van der Waals surface area contributed by atoms with Crippen LogP contribution in [0.3, 0.4) is 0 Å². The van der Waals surface area contributed by atoms with Gasteiger partial charge in [0.05, 0.1) is 0 Å². The summed E-state index contributed by atoms with van der Waals surface area (Å²) in [5.74, 6) is 0.430. The summed E-state index contributed by atoms with van der Waals surface area (Å²) >= 11 is 6.03. The van der Waals surface area contributed by atoms with Crippen LogP contribution >= 0.6 is 11.6 Å².